The van der Waals surface area contributed by atoms with E-state index in [0.717, 1.165) is 16.8 Å². The fourth-order valence-electron chi connectivity index (χ4n) is 2.37. The molecule has 25 heavy (non-hydrogen) atoms. The number of aromatic nitrogens is 1. The van der Waals surface area contributed by atoms with Crippen molar-refractivity contribution in [3.63, 3.8) is 0 Å². The van der Waals surface area contributed by atoms with E-state index >= 15 is 0 Å². The van der Waals surface area contributed by atoms with Gasteiger partial charge in [0, 0.05) is 29.2 Å². The number of hydrogen-bond donors (Lipinski definition) is 1. The van der Waals surface area contributed by atoms with Crippen molar-refractivity contribution in [1.82, 2.24) is 9.71 Å². The number of carbonyl (C=O) groups excluding carboxylic acids is 1. The maximum atomic E-state index is 12.5. The Morgan fingerprint density at radius 2 is 1.92 bits per heavy atom. The fraction of sp³-hybridized carbons (Fsp3) is 0.111. The maximum absolute atomic E-state index is 12.5. The predicted molar refractivity (Wildman–Crippen MR) is 98.0 cm³/mol. The average Bonchev–Trinajstić information content (AvgIpc) is 3.15. The molecule has 0 amide bonds. The van der Waals surface area contributed by atoms with Gasteiger partial charge in [-0.15, -0.1) is 0 Å². The van der Waals surface area contributed by atoms with E-state index in [2.05, 4.69) is 9.71 Å². The largest absolute Gasteiger partial charge is 0.295 e. The molecule has 0 saturated heterocycles. The van der Waals surface area contributed by atoms with Crippen LogP contribution in [0.3, 0.4) is 0 Å². The zero-order valence-corrected chi connectivity index (χ0v) is 15.1. The summed E-state index contributed by atoms with van der Waals surface area (Å²) >= 11 is 1.56. The summed E-state index contributed by atoms with van der Waals surface area (Å²) in [6, 6.07) is 11.5. The van der Waals surface area contributed by atoms with Gasteiger partial charge in [-0.05, 0) is 42.1 Å². The summed E-state index contributed by atoms with van der Waals surface area (Å²) in [5.41, 5.74) is 3.00. The molecule has 0 aliphatic rings. The Balaban J connectivity index is 1.80. The van der Waals surface area contributed by atoms with Gasteiger partial charge in [0.05, 0.1) is 10.6 Å². The van der Waals surface area contributed by atoms with Gasteiger partial charge in [-0.2, -0.15) is 11.3 Å². The minimum absolute atomic E-state index is 0.104. The first kappa shape index (κ1) is 17.5. The van der Waals surface area contributed by atoms with Crippen LogP contribution in [0.4, 0.5) is 0 Å². The number of nitrogens with zero attached hydrogens (tertiary/aromatic N) is 1. The second kappa shape index (κ2) is 7.26. The Labute approximate surface area is 150 Å². The third-order valence-electron chi connectivity index (χ3n) is 3.71. The number of rotatable bonds is 6. The van der Waals surface area contributed by atoms with Crippen molar-refractivity contribution in [2.45, 2.75) is 18.4 Å². The Morgan fingerprint density at radius 3 is 2.56 bits per heavy atom. The van der Waals surface area contributed by atoms with Crippen LogP contribution in [-0.2, 0) is 16.6 Å². The van der Waals surface area contributed by atoms with E-state index < -0.39 is 10.0 Å². The highest BCUT2D eigenvalue weighted by molar-refractivity contribution is 7.89. The first-order chi connectivity index (χ1) is 12.0. The maximum Gasteiger partial charge on any atom is 0.240 e. The SMILES string of the molecule is CC(=O)c1ccc(S(=O)(=O)NCc2cccnc2-c2ccsc2)cc1. The summed E-state index contributed by atoms with van der Waals surface area (Å²) in [4.78, 5) is 15.8. The number of sulfonamides is 1. The van der Waals surface area contributed by atoms with Crippen LogP contribution < -0.4 is 4.72 Å². The van der Waals surface area contributed by atoms with Crippen LogP contribution in [0.2, 0.25) is 0 Å². The van der Waals surface area contributed by atoms with Crippen LogP contribution in [0.15, 0.2) is 64.3 Å². The third kappa shape index (κ3) is 4.01. The lowest BCUT2D eigenvalue weighted by molar-refractivity contribution is 0.101. The van der Waals surface area contributed by atoms with Gasteiger partial charge in [0.2, 0.25) is 10.0 Å². The van der Waals surface area contributed by atoms with Crippen molar-refractivity contribution in [3.8, 4) is 11.3 Å². The van der Waals surface area contributed by atoms with Crippen molar-refractivity contribution in [3.05, 3.63) is 70.5 Å². The lowest BCUT2D eigenvalue weighted by Crippen LogP contribution is -2.23. The molecule has 2 aromatic heterocycles. The highest BCUT2D eigenvalue weighted by Crippen LogP contribution is 2.23. The van der Waals surface area contributed by atoms with E-state index in [9.17, 15) is 13.2 Å². The highest BCUT2D eigenvalue weighted by atomic mass is 32.2. The number of thiophene rings is 1. The summed E-state index contributed by atoms with van der Waals surface area (Å²) in [6.07, 6.45) is 1.69. The highest BCUT2D eigenvalue weighted by Gasteiger charge is 2.16. The standard InChI is InChI=1S/C18H16N2O3S2/c1-13(21)14-4-6-17(7-5-14)25(22,23)20-11-15-3-2-9-19-18(15)16-8-10-24-12-16/h2-10,12,20H,11H2,1H3. The number of carbonyl (C=O) groups is 1. The molecule has 0 spiro atoms. The normalized spacial score (nSPS) is 11.4. The van der Waals surface area contributed by atoms with E-state index in [4.69, 9.17) is 0 Å². The molecule has 0 unspecified atom stereocenters. The van der Waals surface area contributed by atoms with E-state index in [1.165, 1.54) is 31.2 Å². The van der Waals surface area contributed by atoms with Crippen molar-refractivity contribution >= 4 is 27.1 Å². The molecule has 3 rings (SSSR count). The summed E-state index contributed by atoms with van der Waals surface area (Å²) in [7, 11) is -3.67. The lowest BCUT2D eigenvalue weighted by atomic mass is 10.1. The quantitative estimate of drug-likeness (QED) is 0.672. The van der Waals surface area contributed by atoms with Crippen molar-refractivity contribution in [1.29, 1.82) is 0 Å². The monoisotopic (exact) mass is 372 g/mol. The van der Waals surface area contributed by atoms with Crippen LogP contribution in [0.25, 0.3) is 11.3 Å². The summed E-state index contributed by atoms with van der Waals surface area (Å²) in [6.45, 7) is 1.58. The smallest absolute Gasteiger partial charge is 0.240 e. The second-order valence-electron chi connectivity index (χ2n) is 5.43. The van der Waals surface area contributed by atoms with Gasteiger partial charge in [-0.3, -0.25) is 9.78 Å². The van der Waals surface area contributed by atoms with Crippen molar-refractivity contribution in [2.24, 2.45) is 0 Å². The van der Waals surface area contributed by atoms with Gasteiger partial charge >= 0.3 is 0 Å². The first-order valence-corrected chi connectivity index (χ1v) is 9.97. The molecular weight excluding hydrogens is 356 g/mol. The topological polar surface area (TPSA) is 76.1 Å². The zero-order chi connectivity index (χ0) is 17.9. The molecule has 3 aromatic rings. The Hall–Kier alpha value is -2.35. The van der Waals surface area contributed by atoms with E-state index in [1.807, 2.05) is 22.9 Å². The second-order valence-corrected chi connectivity index (χ2v) is 7.98. The number of hydrogen-bond acceptors (Lipinski definition) is 5. The molecule has 0 aliphatic heterocycles. The molecule has 128 valence electrons. The van der Waals surface area contributed by atoms with Gasteiger partial charge < -0.3 is 0 Å². The number of nitrogens with one attached hydrogen (secondary N) is 1. The van der Waals surface area contributed by atoms with E-state index in [-0.39, 0.29) is 17.2 Å². The van der Waals surface area contributed by atoms with Crippen LogP contribution in [0, 0.1) is 0 Å². The molecule has 0 saturated carbocycles. The lowest BCUT2D eigenvalue weighted by Gasteiger charge is -2.10. The van der Waals surface area contributed by atoms with Crippen LogP contribution in [0.5, 0.6) is 0 Å². The average molecular weight is 372 g/mol. The van der Waals surface area contributed by atoms with Gasteiger partial charge in [0.1, 0.15) is 0 Å². The molecule has 5 nitrogen and oxygen atoms in total. The van der Waals surface area contributed by atoms with Crippen molar-refractivity contribution in [2.75, 3.05) is 0 Å². The molecule has 0 radical (unpaired) electrons. The molecule has 1 aromatic carbocycles. The minimum atomic E-state index is -3.67. The molecule has 0 aliphatic carbocycles. The summed E-state index contributed by atoms with van der Waals surface area (Å²) in [5.74, 6) is -0.104. The molecule has 2 heterocycles. The predicted octanol–water partition coefficient (Wildman–Crippen LogP) is 3.49. The molecule has 7 heteroatoms. The van der Waals surface area contributed by atoms with Crippen LogP contribution in [0.1, 0.15) is 22.8 Å². The van der Waals surface area contributed by atoms with E-state index in [0.29, 0.717) is 5.56 Å². The summed E-state index contributed by atoms with van der Waals surface area (Å²) in [5, 5.41) is 3.93. The Kier molecular flexibility index (Phi) is 5.08. The van der Waals surface area contributed by atoms with Gasteiger partial charge in [-0.1, -0.05) is 18.2 Å². The Morgan fingerprint density at radius 1 is 1.16 bits per heavy atom. The van der Waals surface area contributed by atoms with Crippen LogP contribution in [-0.4, -0.2) is 19.2 Å². The fourth-order valence-corrected chi connectivity index (χ4v) is 4.01. The number of ketones is 1. The molecule has 0 fully saturated rings. The third-order valence-corrected chi connectivity index (χ3v) is 5.81. The van der Waals surface area contributed by atoms with Gasteiger partial charge in [0.15, 0.2) is 5.78 Å². The van der Waals surface area contributed by atoms with Crippen molar-refractivity contribution < 1.29 is 13.2 Å². The van der Waals surface area contributed by atoms with Gasteiger partial charge in [0.25, 0.3) is 0 Å². The minimum Gasteiger partial charge on any atom is -0.295 e. The molecule has 0 bridgehead atoms. The zero-order valence-electron chi connectivity index (χ0n) is 13.5. The Bertz CT molecular complexity index is 979. The van der Waals surface area contributed by atoms with Crippen LogP contribution >= 0.6 is 11.3 Å². The molecule has 0 atom stereocenters. The number of Topliss-reactive ketones (excluding diaryl/α,β-unsaturated/α-hetero) is 1. The van der Waals surface area contributed by atoms with E-state index in [1.54, 1.807) is 23.6 Å². The molecule has 1 N–H and O–H groups in total. The summed E-state index contributed by atoms with van der Waals surface area (Å²) < 4.78 is 27.5. The number of pyridine rings is 1. The number of benzene rings is 1. The molecular formula is C18H16N2O3S2. The first-order valence-electron chi connectivity index (χ1n) is 7.54. The van der Waals surface area contributed by atoms with Gasteiger partial charge in [-0.25, -0.2) is 13.1 Å².